The van der Waals surface area contributed by atoms with Gasteiger partial charge in [0, 0.05) is 24.2 Å². The third-order valence-electron chi connectivity index (χ3n) is 1.86. The Morgan fingerprint density at radius 2 is 1.75 bits per heavy atom. The predicted octanol–water partition coefficient (Wildman–Crippen LogP) is 0.889. The van der Waals surface area contributed by atoms with Gasteiger partial charge in [-0.2, -0.15) is 0 Å². The lowest BCUT2D eigenvalue weighted by atomic mass is 10.2. The van der Waals surface area contributed by atoms with Gasteiger partial charge in [0.1, 0.15) is 0 Å². The van der Waals surface area contributed by atoms with Crippen molar-refractivity contribution in [2.24, 2.45) is 0 Å². The van der Waals surface area contributed by atoms with E-state index in [1.807, 2.05) is 0 Å². The molecule has 5 heteroatoms. The minimum atomic E-state index is -1.10. The van der Waals surface area contributed by atoms with Gasteiger partial charge in [0.15, 0.2) is 0 Å². The highest BCUT2D eigenvalue weighted by Crippen LogP contribution is 2.06. The average Bonchev–Trinajstić information content (AvgIpc) is 2.25. The first kappa shape index (κ1) is 14.4. The molecule has 0 saturated carbocycles. The minimum Gasteiger partial charge on any atom is -0.478 e. The topological polar surface area (TPSA) is 83.8 Å². The lowest BCUT2D eigenvalue weighted by Crippen LogP contribution is -2.10. The molecular weight excluding hydrogens is 212 g/mol. The quantitative estimate of drug-likeness (QED) is 0.476. The molecule has 0 bridgehead atoms. The van der Waals surface area contributed by atoms with E-state index in [4.69, 9.17) is 14.9 Å². The summed E-state index contributed by atoms with van der Waals surface area (Å²) in [6.45, 7) is 6.76. The zero-order chi connectivity index (χ0) is 12.6. The van der Waals surface area contributed by atoms with E-state index in [1.165, 1.54) is 0 Å². The summed E-state index contributed by atoms with van der Waals surface area (Å²) in [5.74, 6) is -1.67. The normalized spacial score (nSPS) is 9.56. The summed E-state index contributed by atoms with van der Waals surface area (Å²) in [4.78, 5) is 21.6. The van der Waals surface area contributed by atoms with Gasteiger partial charge in [-0.15, -0.1) is 0 Å². The number of carboxylic acids is 1. The van der Waals surface area contributed by atoms with Crippen molar-refractivity contribution in [1.82, 2.24) is 0 Å². The Labute approximate surface area is 94.0 Å². The Hall–Kier alpha value is -1.62. The molecule has 0 aliphatic carbocycles. The van der Waals surface area contributed by atoms with Crippen LogP contribution in [0.1, 0.15) is 19.3 Å². The second-order valence-electron chi connectivity index (χ2n) is 3.23. The van der Waals surface area contributed by atoms with E-state index >= 15 is 0 Å². The molecule has 0 aliphatic rings. The number of rotatable bonds is 8. The van der Waals surface area contributed by atoms with E-state index in [0.29, 0.717) is 12.8 Å². The number of carbonyl (C=O) groups excluding carboxylic acids is 1. The Morgan fingerprint density at radius 3 is 2.25 bits per heavy atom. The van der Waals surface area contributed by atoms with E-state index in [0.717, 1.165) is 0 Å². The molecule has 0 fully saturated rings. The summed E-state index contributed by atoms with van der Waals surface area (Å²) < 4.78 is 4.78. The van der Waals surface area contributed by atoms with Crippen LogP contribution in [0.5, 0.6) is 0 Å². The SMILES string of the molecule is C=C(CCOC(=O)C(=C)CCCO)C(=O)O. The first-order valence-electron chi connectivity index (χ1n) is 4.86. The maximum Gasteiger partial charge on any atom is 0.333 e. The van der Waals surface area contributed by atoms with Crippen LogP contribution in [0.3, 0.4) is 0 Å². The van der Waals surface area contributed by atoms with Crippen molar-refractivity contribution in [3.05, 3.63) is 24.3 Å². The van der Waals surface area contributed by atoms with Crippen molar-refractivity contribution >= 4 is 11.9 Å². The number of hydrogen-bond acceptors (Lipinski definition) is 4. The highest BCUT2D eigenvalue weighted by atomic mass is 16.5. The molecule has 0 aromatic carbocycles. The van der Waals surface area contributed by atoms with Crippen LogP contribution in [0.15, 0.2) is 24.3 Å². The summed E-state index contributed by atoms with van der Waals surface area (Å²) in [6, 6.07) is 0. The third kappa shape index (κ3) is 5.98. The number of aliphatic hydroxyl groups excluding tert-OH is 1. The molecule has 2 N–H and O–H groups in total. The van der Waals surface area contributed by atoms with Crippen molar-refractivity contribution in [2.75, 3.05) is 13.2 Å². The molecule has 0 radical (unpaired) electrons. The fraction of sp³-hybridized carbons (Fsp3) is 0.455. The van der Waals surface area contributed by atoms with Gasteiger partial charge in [0.2, 0.25) is 0 Å². The van der Waals surface area contributed by atoms with Crippen LogP contribution in [0, 0.1) is 0 Å². The first-order valence-corrected chi connectivity index (χ1v) is 4.86. The summed E-state index contributed by atoms with van der Waals surface area (Å²) in [6.07, 6.45) is 0.916. The standard InChI is InChI=1S/C11H16O5/c1-8(10(13)14)5-7-16-11(15)9(2)4-3-6-12/h12H,1-7H2,(H,13,14). The highest BCUT2D eigenvalue weighted by Gasteiger charge is 2.09. The number of carboxylic acid groups (broad SMARTS) is 1. The van der Waals surface area contributed by atoms with E-state index in [2.05, 4.69) is 13.2 Å². The zero-order valence-corrected chi connectivity index (χ0v) is 9.07. The number of aliphatic hydroxyl groups is 1. The van der Waals surface area contributed by atoms with Crippen LogP contribution in [-0.2, 0) is 14.3 Å². The van der Waals surface area contributed by atoms with E-state index < -0.39 is 11.9 Å². The second-order valence-corrected chi connectivity index (χ2v) is 3.23. The van der Waals surface area contributed by atoms with Gasteiger partial charge >= 0.3 is 11.9 Å². The van der Waals surface area contributed by atoms with Crippen molar-refractivity contribution < 1.29 is 24.5 Å². The molecule has 0 aromatic rings. The Balaban J connectivity index is 3.77. The lowest BCUT2D eigenvalue weighted by Gasteiger charge is -2.06. The van der Waals surface area contributed by atoms with Crippen LogP contribution in [0.25, 0.3) is 0 Å². The molecule has 0 unspecified atom stereocenters. The number of esters is 1. The highest BCUT2D eigenvalue weighted by molar-refractivity contribution is 5.88. The van der Waals surface area contributed by atoms with Gasteiger partial charge < -0.3 is 14.9 Å². The van der Waals surface area contributed by atoms with Crippen LogP contribution in [0.4, 0.5) is 0 Å². The molecule has 5 nitrogen and oxygen atoms in total. The maximum atomic E-state index is 11.2. The Morgan fingerprint density at radius 1 is 1.12 bits per heavy atom. The number of aliphatic carboxylic acids is 1. The molecule has 0 aliphatic heterocycles. The van der Waals surface area contributed by atoms with Crippen LogP contribution >= 0.6 is 0 Å². The lowest BCUT2D eigenvalue weighted by molar-refractivity contribution is -0.140. The molecule has 0 aromatic heterocycles. The largest absolute Gasteiger partial charge is 0.478 e. The summed E-state index contributed by atoms with van der Waals surface area (Å²) in [5, 5.41) is 17.0. The molecule has 90 valence electrons. The predicted molar refractivity (Wildman–Crippen MR) is 57.8 cm³/mol. The fourth-order valence-electron chi connectivity index (χ4n) is 0.870. The monoisotopic (exact) mass is 228 g/mol. The van der Waals surface area contributed by atoms with Crippen molar-refractivity contribution in [3.63, 3.8) is 0 Å². The fourth-order valence-corrected chi connectivity index (χ4v) is 0.870. The molecule has 0 spiro atoms. The molecule has 0 amide bonds. The summed E-state index contributed by atoms with van der Waals surface area (Å²) in [5.41, 5.74) is 0.267. The van der Waals surface area contributed by atoms with Crippen LogP contribution < -0.4 is 0 Å². The van der Waals surface area contributed by atoms with E-state index in [1.54, 1.807) is 0 Å². The van der Waals surface area contributed by atoms with Gasteiger partial charge in [-0.25, -0.2) is 9.59 Å². The van der Waals surface area contributed by atoms with E-state index in [9.17, 15) is 9.59 Å². The molecule has 0 heterocycles. The van der Waals surface area contributed by atoms with Gasteiger partial charge in [-0.3, -0.25) is 0 Å². The third-order valence-corrected chi connectivity index (χ3v) is 1.86. The number of carbonyl (C=O) groups is 2. The number of hydrogen-bond donors (Lipinski definition) is 2. The van der Waals surface area contributed by atoms with Crippen molar-refractivity contribution in [2.45, 2.75) is 19.3 Å². The number of ether oxygens (including phenoxy) is 1. The van der Waals surface area contributed by atoms with Gasteiger partial charge in [0.05, 0.1) is 6.61 Å². The average molecular weight is 228 g/mol. The molecule has 16 heavy (non-hydrogen) atoms. The smallest absolute Gasteiger partial charge is 0.333 e. The first-order chi connectivity index (χ1) is 7.49. The van der Waals surface area contributed by atoms with Crippen LogP contribution in [-0.4, -0.2) is 35.4 Å². The van der Waals surface area contributed by atoms with Crippen molar-refractivity contribution in [3.8, 4) is 0 Å². The maximum absolute atomic E-state index is 11.2. The minimum absolute atomic E-state index is 0.00577. The zero-order valence-electron chi connectivity index (χ0n) is 9.07. The van der Waals surface area contributed by atoms with Crippen LogP contribution in [0.2, 0.25) is 0 Å². The van der Waals surface area contributed by atoms with Gasteiger partial charge in [0.25, 0.3) is 0 Å². The van der Waals surface area contributed by atoms with Gasteiger partial charge in [-0.1, -0.05) is 13.2 Å². The van der Waals surface area contributed by atoms with E-state index in [-0.39, 0.29) is 30.8 Å². The van der Waals surface area contributed by atoms with Crippen molar-refractivity contribution in [1.29, 1.82) is 0 Å². The Bertz CT molecular complexity index is 293. The summed E-state index contributed by atoms with van der Waals surface area (Å²) in [7, 11) is 0. The Kier molecular flexibility index (Phi) is 6.87. The molecular formula is C11H16O5. The summed E-state index contributed by atoms with van der Waals surface area (Å²) >= 11 is 0. The van der Waals surface area contributed by atoms with Gasteiger partial charge in [-0.05, 0) is 12.8 Å². The molecule has 0 saturated heterocycles. The molecule has 0 atom stereocenters. The molecule has 0 rings (SSSR count). The second kappa shape index (κ2) is 7.64.